The van der Waals surface area contributed by atoms with Crippen molar-refractivity contribution >= 4 is 0 Å². The Hall–Kier alpha value is -0.0800. The summed E-state index contributed by atoms with van der Waals surface area (Å²) in [5, 5.41) is 0. The van der Waals surface area contributed by atoms with Gasteiger partial charge in [-0.25, -0.2) is 0 Å². The van der Waals surface area contributed by atoms with Crippen molar-refractivity contribution in [2.75, 3.05) is 6.61 Å². The van der Waals surface area contributed by atoms with Crippen LogP contribution >= 0.6 is 0 Å². The van der Waals surface area contributed by atoms with Crippen LogP contribution in [-0.2, 0) is 9.47 Å². The lowest BCUT2D eigenvalue weighted by Crippen LogP contribution is -2.22. The van der Waals surface area contributed by atoms with Crippen molar-refractivity contribution in [3.63, 3.8) is 0 Å². The van der Waals surface area contributed by atoms with E-state index in [1.807, 2.05) is 0 Å². The van der Waals surface area contributed by atoms with Crippen molar-refractivity contribution in [2.45, 2.75) is 77.6 Å². The minimum Gasteiger partial charge on any atom is -0.379 e. The molecule has 90 valence electrons. The van der Waals surface area contributed by atoms with Gasteiger partial charge in [-0.1, -0.05) is 0 Å². The van der Waals surface area contributed by atoms with Gasteiger partial charge in [-0.05, 0) is 59.3 Å². The van der Waals surface area contributed by atoms with Crippen molar-refractivity contribution in [1.82, 2.24) is 0 Å². The Labute approximate surface area is 94.3 Å². The third-order valence-electron chi connectivity index (χ3n) is 3.09. The highest BCUT2D eigenvalue weighted by Gasteiger charge is 2.13. The van der Waals surface area contributed by atoms with E-state index in [4.69, 9.17) is 9.47 Å². The first-order chi connectivity index (χ1) is 7.18. The van der Waals surface area contributed by atoms with Crippen molar-refractivity contribution in [3.05, 3.63) is 0 Å². The van der Waals surface area contributed by atoms with Gasteiger partial charge < -0.3 is 9.47 Å². The highest BCUT2D eigenvalue weighted by molar-refractivity contribution is 4.63. The van der Waals surface area contributed by atoms with Crippen molar-refractivity contribution in [1.29, 1.82) is 0 Å². The summed E-state index contributed by atoms with van der Waals surface area (Å²) in [5.41, 5.74) is 0. The first-order valence-corrected chi connectivity index (χ1v) is 6.45. The second kappa shape index (κ2) is 7.24. The van der Waals surface area contributed by atoms with Gasteiger partial charge in [0.05, 0.1) is 18.3 Å². The molecule has 0 saturated carbocycles. The molecule has 2 rings (SSSR count). The molecular formula is C13H26O2. The molecule has 0 aliphatic carbocycles. The highest BCUT2D eigenvalue weighted by Crippen LogP contribution is 2.17. The minimum atomic E-state index is 0.513. The van der Waals surface area contributed by atoms with Gasteiger partial charge in [-0.2, -0.15) is 0 Å². The molecule has 3 atom stereocenters. The molecule has 0 N–H and O–H groups in total. The highest BCUT2D eigenvalue weighted by atomic mass is 16.5. The Bertz CT molecular complexity index is 145. The summed E-state index contributed by atoms with van der Waals surface area (Å²) in [6.07, 6.45) is 9.31. The van der Waals surface area contributed by atoms with Crippen LogP contribution < -0.4 is 0 Å². The Balaban J connectivity index is 0.000000151. The van der Waals surface area contributed by atoms with E-state index in [-0.39, 0.29) is 0 Å². The summed E-state index contributed by atoms with van der Waals surface area (Å²) in [6, 6.07) is 0. The first kappa shape index (κ1) is 13.0. The smallest absolute Gasteiger partial charge is 0.0550 e. The number of hydrogen-bond donors (Lipinski definition) is 0. The average molecular weight is 214 g/mol. The molecule has 2 nitrogen and oxygen atoms in total. The van der Waals surface area contributed by atoms with E-state index in [1.165, 1.54) is 38.5 Å². The Morgan fingerprint density at radius 1 is 0.733 bits per heavy atom. The molecular weight excluding hydrogens is 188 g/mol. The summed E-state index contributed by atoms with van der Waals surface area (Å²) in [6.45, 7) is 7.42. The van der Waals surface area contributed by atoms with E-state index in [2.05, 4.69) is 20.8 Å². The Morgan fingerprint density at radius 3 is 1.60 bits per heavy atom. The Morgan fingerprint density at radius 2 is 1.33 bits per heavy atom. The largest absolute Gasteiger partial charge is 0.379 e. The van der Waals surface area contributed by atoms with Crippen LogP contribution in [0.5, 0.6) is 0 Å². The van der Waals surface area contributed by atoms with E-state index in [0.29, 0.717) is 18.3 Å². The molecule has 2 unspecified atom stereocenters. The number of ether oxygens (including phenoxy) is 2. The molecule has 0 aromatic rings. The quantitative estimate of drug-likeness (QED) is 0.614. The molecule has 0 aromatic carbocycles. The maximum Gasteiger partial charge on any atom is 0.0550 e. The SMILES string of the molecule is CC1CCCC(C)O1.C[C@H]1CCCCO1. The lowest BCUT2D eigenvalue weighted by molar-refractivity contribution is -0.0292. The molecule has 2 saturated heterocycles. The summed E-state index contributed by atoms with van der Waals surface area (Å²) in [7, 11) is 0. The summed E-state index contributed by atoms with van der Waals surface area (Å²) in [4.78, 5) is 0. The van der Waals surface area contributed by atoms with Gasteiger partial charge in [0.1, 0.15) is 0 Å². The molecule has 0 bridgehead atoms. The van der Waals surface area contributed by atoms with Gasteiger partial charge in [0.15, 0.2) is 0 Å². The number of rotatable bonds is 0. The predicted molar refractivity (Wildman–Crippen MR) is 63.1 cm³/mol. The molecule has 15 heavy (non-hydrogen) atoms. The fraction of sp³-hybridized carbons (Fsp3) is 1.00. The molecule has 0 aromatic heterocycles. The number of hydrogen-bond acceptors (Lipinski definition) is 2. The van der Waals surface area contributed by atoms with E-state index in [0.717, 1.165) is 6.61 Å². The predicted octanol–water partition coefficient (Wildman–Crippen LogP) is 3.54. The van der Waals surface area contributed by atoms with Gasteiger partial charge in [0.25, 0.3) is 0 Å². The van der Waals surface area contributed by atoms with Crippen LogP contribution in [0.15, 0.2) is 0 Å². The molecule has 2 heteroatoms. The van der Waals surface area contributed by atoms with Gasteiger partial charge in [-0.15, -0.1) is 0 Å². The summed E-state index contributed by atoms with van der Waals surface area (Å²) < 4.78 is 10.8. The average Bonchev–Trinajstić information content (AvgIpc) is 2.19. The van der Waals surface area contributed by atoms with Crippen molar-refractivity contribution in [2.24, 2.45) is 0 Å². The third kappa shape index (κ3) is 6.16. The van der Waals surface area contributed by atoms with Crippen LogP contribution in [-0.4, -0.2) is 24.9 Å². The zero-order valence-corrected chi connectivity index (χ0v) is 10.5. The van der Waals surface area contributed by atoms with Crippen molar-refractivity contribution in [3.8, 4) is 0 Å². The van der Waals surface area contributed by atoms with Crippen LogP contribution in [0.4, 0.5) is 0 Å². The fourth-order valence-corrected chi connectivity index (χ4v) is 2.13. The topological polar surface area (TPSA) is 18.5 Å². The summed E-state index contributed by atoms with van der Waals surface area (Å²) >= 11 is 0. The van der Waals surface area contributed by atoms with Crippen LogP contribution in [0.2, 0.25) is 0 Å². The van der Waals surface area contributed by atoms with E-state index < -0.39 is 0 Å². The molecule has 0 spiro atoms. The molecule has 0 radical (unpaired) electrons. The zero-order chi connectivity index (χ0) is 11.1. The standard InChI is InChI=1S/C7H14O.C6H12O/c1-6-4-3-5-7(2)8-6;1-6-4-2-3-5-7-6/h6-7H,3-5H2,1-2H3;6H,2-5H2,1H3/t;6-/m.0/s1. The van der Waals surface area contributed by atoms with Crippen molar-refractivity contribution < 1.29 is 9.47 Å². The minimum absolute atomic E-state index is 0.513. The monoisotopic (exact) mass is 214 g/mol. The van der Waals surface area contributed by atoms with Gasteiger partial charge in [-0.3, -0.25) is 0 Å². The zero-order valence-electron chi connectivity index (χ0n) is 10.5. The van der Waals surface area contributed by atoms with Gasteiger partial charge in [0, 0.05) is 6.61 Å². The second-order valence-electron chi connectivity index (χ2n) is 4.87. The van der Waals surface area contributed by atoms with Gasteiger partial charge >= 0.3 is 0 Å². The maximum absolute atomic E-state index is 5.49. The lowest BCUT2D eigenvalue weighted by atomic mass is 10.1. The van der Waals surface area contributed by atoms with Crippen LogP contribution in [0.25, 0.3) is 0 Å². The Kier molecular flexibility index (Phi) is 6.26. The van der Waals surface area contributed by atoms with Crippen LogP contribution in [0.1, 0.15) is 59.3 Å². The molecule has 0 amide bonds. The van der Waals surface area contributed by atoms with Crippen LogP contribution in [0.3, 0.4) is 0 Å². The first-order valence-electron chi connectivity index (χ1n) is 6.45. The third-order valence-corrected chi connectivity index (χ3v) is 3.09. The maximum atomic E-state index is 5.49. The summed E-state index contributed by atoms with van der Waals surface area (Å²) in [5.74, 6) is 0. The fourth-order valence-electron chi connectivity index (χ4n) is 2.13. The van der Waals surface area contributed by atoms with E-state index >= 15 is 0 Å². The molecule has 2 heterocycles. The normalized spacial score (nSPS) is 36.6. The van der Waals surface area contributed by atoms with Gasteiger partial charge in [0.2, 0.25) is 0 Å². The van der Waals surface area contributed by atoms with E-state index in [1.54, 1.807) is 0 Å². The molecule has 2 aliphatic heterocycles. The van der Waals surface area contributed by atoms with Crippen LogP contribution in [0, 0.1) is 0 Å². The molecule has 2 aliphatic rings. The second-order valence-corrected chi connectivity index (χ2v) is 4.87. The lowest BCUT2D eigenvalue weighted by Gasteiger charge is -2.24. The molecule has 2 fully saturated rings. The van der Waals surface area contributed by atoms with E-state index in [9.17, 15) is 0 Å².